The Kier molecular flexibility index (Phi) is 5.31. The zero-order chi connectivity index (χ0) is 20.4. The van der Waals surface area contributed by atoms with Crippen LogP contribution in [-0.4, -0.2) is 26.4 Å². The Hall–Kier alpha value is -3.41. The maximum atomic E-state index is 13.4. The molecule has 0 unspecified atom stereocenters. The topological polar surface area (TPSA) is 78.1 Å². The molecule has 28 heavy (non-hydrogen) atoms. The molecule has 0 bridgehead atoms. The van der Waals surface area contributed by atoms with E-state index in [1.165, 1.54) is 21.3 Å². The minimum Gasteiger partial charge on any atom is -0.507 e. The van der Waals surface area contributed by atoms with Crippen molar-refractivity contribution in [3.8, 4) is 23.0 Å². The molecule has 146 valence electrons. The number of benzene rings is 2. The standard InChI is InChI=1S/C22H22O6/c1-6-8-12-14(25-3)10-16-19(20(12)23)21(24)18-13(9-7-2)22(27-5)17(26-4)11-15(18)28-16/h6-7,10-11,23H,1-2,8-9H2,3-5H3. The number of rotatable bonds is 7. The predicted molar refractivity (Wildman–Crippen MR) is 109 cm³/mol. The molecule has 1 N–H and O–H groups in total. The molecule has 0 saturated heterocycles. The second-order valence-electron chi connectivity index (χ2n) is 6.16. The van der Waals surface area contributed by atoms with E-state index < -0.39 is 0 Å². The van der Waals surface area contributed by atoms with E-state index in [9.17, 15) is 9.90 Å². The third-order valence-electron chi connectivity index (χ3n) is 4.65. The molecule has 0 aliphatic heterocycles. The van der Waals surface area contributed by atoms with E-state index >= 15 is 0 Å². The van der Waals surface area contributed by atoms with Crippen molar-refractivity contribution in [1.29, 1.82) is 0 Å². The van der Waals surface area contributed by atoms with Crippen molar-refractivity contribution in [2.45, 2.75) is 12.8 Å². The Bertz CT molecular complexity index is 1140. The first kappa shape index (κ1) is 19.4. The number of hydrogen-bond donors (Lipinski definition) is 1. The first-order valence-corrected chi connectivity index (χ1v) is 8.67. The fourth-order valence-corrected chi connectivity index (χ4v) is 3.44. The molecule has 1 aromatic heterocycles. The molecule has 6 nitrogen and oxygen atoms in total. The van der Waals surface area contributed by atoms with Gasteiger partial charge in [0.15, 0.2) is 11.5 Å². The normalized spacial score (nSPS) is 10.8. The number of ether oxygens (including phenoxy) is 3. The van der Waals surface area contributed by atoms with Crippen molar-refractivity contribution >= 4 is 21.9 Å². The number of fused-ring (bicyclic) bond motifs is 2. The van der Waals surface area contributed by atoms with Crippen LogP contribution in [0, 0.1) is 0 Å². The summed E-state index contributed by atoms with van der Waals surface area (Å²) in [6.45, 7) is 7.45. The molecule has 0 aliphatic carbocycles. The van der Waals surface area contributed by atoms with Crippen LogP contribution in [0.4, 0.5) is 0 Å². The van der Waals surface area contributed by atoms with Gasteiger partial charge in [-0.05, 0) is 12.8 Å². The van der Waals surface area contributed by atoms with Gasteiger partial charge in [-0.25, -0.2) is 0 Å². The highest BCUT2D eigenvalue weighted by molar-refractivity contribution is 5.97. The van der Waals surface area contributed by atoms with E-state index in [0.29, 0.717) is 52.2 Å². The van der Waals surface area contributed by atoms with Gasteiger partial charge >= 0.3 is 0 Å². The van der Waals surface area contributed by atoms with Gasteiger partial charge in [0.2, 0.25) is 5.43 Å². The van der Waals surface area contributed by atoms with Crippen molar-refractivity contribution in [2.75, 3.05) is 21.3 Å². The summed E-state index contributed by atoms with van der Waals surface area (Å²) in [4.78, 5) is 13.4. The average Bonchev–Trinajstić information content (AvgIpc) is 2.69. The van der Waals surface area contributed by atoms with Crippen LogP contribution in [0.1, 0.15) is 11.1 Å². The van der Waals surface area contributed by atoms with Crippen LogP contribution in [0.25, 0.3) is 21.9 Å². The molecule has 1 heterocycles. The lowest BCUT2D eigenvalue weighted by Gasteiger charge is -2.16. The summed E-state index contributed by atoms with van der Waals surface area (Å²) in [5.41, 5.74) is 1.24. The van der Waals surface area contributed by atoms with Crippen molar-refractivity contribution in [3.05, 3.63) is 58.8 Å². The molecular weight excluding hydrogens is 360 g/mol. The van der Waals surface area contributed by atoms with E-state index in [0.717, 1.165) is 0 Å². The van der Waals surface area contributed by atoms with Crippen molar-refractivity contribution < 1.29 is 23.7 Å². The monoisotopic (exact) mass is 382 g/mol. The zero-order valence-corrected chi connectivity index (χ0v) is 16.1. The summed E-state index contributed by atoms with van der Waals surface area (Å²) in [7, 11) is 4.50. The van der Waals surface area contributed by atoms with Crippen LogP contribution in [0.3, 0.4) is 0 Å². The van der Waals surface area contributed by atoms with Gasteiger partial charge in [0, 0.05) is 23.3 Å². The first-order valence-electron chi connectivity index (χ1n) is 8.67. The SMILES string of the molecule is C=CCc1c(OC)cc2oc3cc(OC)c(OC)c(CC=C)c3c(=O)c2c1O. The second kappa shape index (κ2) is 7.68. The van der Waals surface area contributed by atoms with E-state index in [1.807, 2.05) is 0 Å². The van der Waals surface area contributed by atoms with Gasteiger partial charge in [-0.3, -0.25) is 4.79 Å². The summed E-state index contributed by atoms with van der Waals surface area (Å²) in [5.74, 6) is 1.11. The summed E-state index contributed by atoms with van der Waals surface area (Å²) in [6.07, 6.45) is 4.00. The molecule has 2 aromatic carbocycles. The van der Waals surface area contributed by atoms with Crippen molar-refractivity contribution in [1.82, 2.24) is 0 Å². The van der Waals surface area contributed by atoms with Gasteiger partial charge in [0.25, 0.3) is 0 Å². The zero-order valence-electron chi connectivity index (χ0n) is 16.1. The van der Waals surface area contributed by atoms with Gasteiger partial charge in [-0.2, -0.15) is 0 Å². The van der Waals surface area contributed by atoms with Crippen LogP contribution < -0.4 is 19.6 Å². The number of aromatic hydroxyl groups is 1. The van der Waals surface area contributed by atoms with E-state index in [4.69, 9.17) is 18.6 Å². The Morgan fingerprint density at radius 3 is 2.07 bits per heavy atom. The highest BCUT2D eigenvalue weighted by Gasteiger charge is 2.23. The average molecular weight is 382 g/mol. The molecule has 0 aliphatic rings. The Morgan fingerprint density at radius 1 is 0.929 bits per heavy atom. The van der Waals surface area contributed by atoms with Crippen LogP contribution in [0.5, 0.6) is 23.0 Å². The number of hydrogen-bond acceptors (Lipinski definition) is 6. The highest BCUT2D eigenvalue weighted by Crippen LogP contribution is 2.41. The van der Waals surface area contributed by atoms with Gasteiger partial charge in [-0.15, -0.1) is 13.2 Å². The first-order chi connectivity index (χ1) is 13.5. The Morgan fingerprint density at radius 2 is 1.50 bits per heavy atom. The minimum absolute atomic E-state index is 0.0858. The number of methoxy groups -OCH3 is 3. The third-order valence-corrected chi connectivity index (χ3v) is 4.65. The maximum Gasteiger partial charge on any atom is 0.204 e. The molecule has 3 aromatic rings. The van der Waals surface area contributed by atoms with Crippen molar-refractivity contribution in [2.24, 2.45) is 0 Å². The molecule has 0 spiro atoms. The number of phenols is 1. The van der Waals surface area contributed by atoms with Gasteiger partial charge < -0.3 is 23.7 Å². The third kappa shape index (κ3) is 2.87. The van der Waals surface area contributed by atoms with Gasteiger partial charge in [0.05, 0.1) is 26.7 Å². The lowest BCUT2D eigenvalue weighted by molar-refractivity contribution is 0.352. The number of allylic oxidation sites excluding steroid dienone is 2. The maximum absolute atomic E-state index is 13.4. The van der Waals surface area contributed by atoms with E-state index in [-0.39, 0.29) is 22.1 Å². The molecule has 0 saturated carbocycles. The molecule has 0 radical (unpaired) electrons. The Labute approximate surface area is 162 Å². The predicted octanol–water partition coefficient (Wildman–Crippen LogP) is 4.13. The molecular formula is C22H22O6. The van der Waals surface area contributed by atoms with Gasteiger partial charge in [-0.1, -0.05) is 12.2 Å². The largest absolute Gasteiger partial charge is 0.507 e. The quantitative estimate of drug-likeness (QED) is 0.489. The summed E-state index contributed by atoms with van der Waals surface area (Å²) in [6, 6.07) is 3.20. The van der Waals surface area contributed by atoms with Crippen molar-refractivity contribution in [3.63, 3.8) is 0 Å². The number of phenolic OH excluding ortho intramolecular Hbond substituents is 1. The molecule has 3 rings (SSSR count). The lowest BCUT2D eigenvalue weighted by Crippen LogP contribution is -2.09. The van der Waals surface area contributed by atoms with Crippen LogP contribution in [0.2, 0.25) is 0 Å². The smallest absolute Gasteiger partial charge is 0.204 e. The van der Waals surface area contributed by atoms with E-state index in [2.05, 4.69) is 13.2 Å². The van der Waals surface area contributed by atoms with Crippen LogP contribution in [-0.2, 0) is 12.8 Å². The summed E-state index contributed by atoms with van der Waals surface area (Å²) < 4.78 is 22.2. The van der Waals surface area contributed by atoms with Crippen LogP contribution in [0.15, 0.2) is 46.7 Å². The second-order valence-corrected chi connectivity index (χ2v) is 6.16. The molecule has 0 amide bonds. The molecule has 0 atom stereocenters. The lowest BCUT2D eigenvalue weighted by atomic mass is 9.99. The Balaban J connectivity index is 2.56. The fraction of sp³-hybridized carbons (Fsp3) is 0.227. The molecule has 6 heteroatoms. The summed E-state index contributed by atoms with van der Waals surface area (Å²) in [5, 5.41) is 11.2. The van der Waals surface area contributed by atoms with Gasteiger partial charge in [0.1, 0.15) is 28.1 Å². The van der Waals surface area contributed by atoms with E-state index in [1.54, 1.807) is 24.3 Å². The van der Waals surface area contributed by atoms with Crippen LogP contribution >= 0.6 is 0 Å². The summed E-state index contributed by atoms with van der Waals surface area (Å²) >= 11 is 0. The minimum atomic E-state index is -0.362. The fourth-order valence-electron chi connectivity index (χ4n) is 3.44. The molecule has 0 fully saturated rings. The highest BCUT2D eigenvalue weighted by atomic mass is 16.5.